The number of ether oxygens (including phenoxy) is 1. The molecular formula is C13H19FN2O3. The fourth-order valence-electron chi connectivity index (χ4n) is 1.65. The molecule has 1 aromatic rings. The molecule has 0 aliphatic heterocycles. The molecule has 0 saturated heterocycles. The van der Waals surface area contributed by atoms with Crippen LogP contribution in [0.25, 0.3) is 0 Å². The van der Waals surface area contributed by atoms with Crippen LogP contribution in [-0.4, -0.2) is 49.3 Å². The number of phenols is 1. The van der Waals surface area contributed by atoms with Gasteiger partial charge in [-0.15, -0.1) is 0 Å². The molecule has 0 saturated carbocycles. The first kappa shape index (κ1) is 15.4. The van der Waals surface area contributed by atoms with E-state index < -0.39 is 11.7 Å². The highest BCUT2D eigenvalue weighted by Gasteiger charge is 2.19. The fourth-order valence-corrected chi connectivity index (χ4v) is 1.65. The standard InChI is InChI=1S/C13H19FN2O3/c1-19-8-7-16(6-2-5-15)13(18)11-9-10(14)3-4-12(11)17/h3-4,9,17H,2,5-8,15H2,1H3. The topological polar surface area (TPSA) is 75.8 Å². The van der Waals surface area contributed by atoms with E-state index in [1.165, 1.54) is 18.1 Å². The van der Waals surface area contributed by atoms with Crippen molar-refractivity contribution in [2.75, 3.05) is 33.4 Å². The van der Waals surface area contributed by atoms with Crippen molar-refractivity contribution in [2.24, 2.45) is 5.73 Å². The Morgan fingerprint density at radius 3 is 2.84 bits per heavy atom. The van der Waals surface area contributed by atoms with Crippen molar-refractivity contribution in [1.82, 2.24) is 4.90 Å². The second-order valence-corrected chi connectivity index (χ2v) is 4.09. The van der Waals surface area contributed by atoms with Crippen LogP contribution in [0.2, 0.25) is 0 Å². The molecule has 0 atom stereocenters. The Labute approximate surface area is 111 Å². The molecule has 106 valence electrons. The van der Waals surface area contributed by atoms with E-state index in [2.05, 4.69) is 0 Å². The lowest BCUT2D eigenvalue weighted by atomic mass is 10.1. The Morgan fingerprint density at radius 1 is 1.47 bits per heavy atom. The molecule has 0 bridgehead atoms. The van der Waals surface area contributed by atoms with E-state index in [1.807, 2.05) is 0 Å². The van der Waals surface area contributed by atoms with Crippen molar-refractivity contribution in [3.63, 3.8) is 0 Å². The van der Waals surface area contributed by atoms with Gasteiger partial charge in [-0.25, -0.2) is 4.39 Å². The van der Waals surface area contributed by atoms with Gasteiger partial charge in [0, 0.05) is 20.2 Å². The summed E-state index contributed by atoms with van der Waals surface area (Å²) in [7, 11) is 1.53. The van der Waals surface area contributed by atoms with Crippen LogP contribution in [0.15, 0.2) is 18.2 Å². The van der Waals surface area contributed by atoms with E-state index in [4.69, 9.17) is 10.5 Å². The Hall–Kier alpha value is -1.66. The van der Waals surface area contributed by atoms with E-state index in [1.54, 1.807) is 0 Å². The summed E-state index contributed by atoms with van der Waals surface area (Å²) in [5.41, 5.74) is 5.37. The zero-order chi connectivity index (χ0) is 14.3. The summed E-state index contributed by atoms with van der Waals surface area (Å²) in [6.45, 7) is 1.62. The zero-order valence-corrected chi connectivity index (χ0v) is 10.9. The largest absolute Gasteiger partial charge is 0.507 e. The molecule has 0 fully saturated rings. The molecular weight excluding hydrogens is 251 g/mol. The van der Waals surface area contributed by atoms with Gasteiger partial charge in [0.15, 0.2) is 0 Å². The molecule has 0 aliphatic carbocycles. The van der Waals surface area contributed by atoms with Crippen LogP contribution in [-0.2, 0) is 4.74 Å². The molecule has 6 heteroatoms. The SMILES string of the molecule is COCCN(CCCN)C(=O)c1cc(F)ccc1O. The summed E-state index contributed by atoms with van der Waals surface area (Å²) in [5.74, 6) is -1.23. The van der Waals surface area contributed by atoms with Gasteiger partial charge in [0.05, 0.1) is 12.2 Å². The van der Waals surface area contributed by atoms with Gasteiger partial charge in [-0.05, 0) is 31.2 Å². The van der Waals surface area contributed by atoms with E-state index in [0.29, 0.717) is 32.7 Å². The Morgan fingerprint density at radius 2 is 2.21 bits per heavy atom. The highest BCUT2D eigenvalue weighted by Crippen LogP contribution is 2.19. The number of carbonyl (C=O) groups excluding carboxylic acids is 1. The van der Waals surface area contributed by atoms with Crippen LogP contribution >= 0.6 is 0 Å². The van der Waals surface area contributed by atoms with Gasteiger partial charge in [-0.3, -0.25) is 4.79 Å². The van der Waals surface area contributed by atoms with Crippen LogP contribution in [0.4, 0.5) is 4.39 Å². The van der Waals surface area contributed by atoms with E-state index >= 15 is 0 Å². The van der Waals surface area contributed by atoms with Crippen LogP contribution < -0.4 is 5.73 Å². The number of aromatic hydroxyl groups is 1. The van der Waals surface area contributed by atoms with Crippen molar-refractivity contribution in [3.8, 4) is 5.75 Å². The quantitative estimate of drug-likeness (QED) is 0.774. The minimum absolute atomic E-state index is 0.0480. The third kappa shape index (κ3) is 4.50. The van der Waals surface area contributed by atoms with Crippen LogP contribution in [0.3, 0.4) is 0 Å². The summed E-state index contributed by atoms with van der Waals surface area (Å²) in [4.78, 5) is 13.7. The number of rotatable bonds is 7. The number of nitrogens with two attached hydrogens (primary N) is 1. The maximum Gasteiger partial charge on any atom is 0.257 e. The minimum atomic E-state index is -0.563. The van der Waals surface area contributed by atoms with Crippen molar-refractivity contribution in [2.45, 2.75) is 6.42 Å². The monoisotopic (exact) mass is 270 g/mol. The van der Waals surface area contributed by atoms with Gasteiger partial charge in [-0.1, -0.05) is 0 Å². The lowest BCUT2D eigenvalue weighted by molar-refractivity contribution is 0.0691. The molecule has 0 aromatic heterocycles. The summed E-state index contributed by atoms with van der Waals surface area (Å²) in [6.07, 6.45) is 0.630. The summed E-state index contributed by atoms with van der Waals surface area (Å²) < 4.78 is 18.1. The third-order valence-corrected chi connectivity index (χ3v) is 2.67. The first-order chi connectivity index (χ1) is 9.10. The summed E-state index contributed by atoms with van der Waals surface area (Å²) in [6, 6.07) is 3.30. The molecule has 0 unspecified atom stereocenters. The number of amides is 1. The lowest BCUT2D eigenvalue weighted by Crippen LogP contribution is -2.35. The number of phenolic OH excluding ortho intramolecular Hbond substituents is 1. The van der Waals surface area contributed by atoms with Crippen molar-refractivity contribution in [1.29, 1.82) is 0 Å². The zero-order valence-electron chi connectivity index (χ0n) is 10.9. The van der Waals surface area contributed by atoms with E-state index in [0.717, 1.165) is 12.1 Å². The Bertz CT molecular complexity index is 418. The number of hydrogen-bond acceptors (Lipinski definition) is 4. The molecule has 0 aliphatic rings. The van der Waals surface area contributed by atoms with Gasteiger partial charge in [0.25, 0.3) is 5.91 Å². The van der Waals surface area contributed by atoms with Crippen molar-refractivity contribution < 1.29 is 19.0 Å². The van der Waals surface area contributed by atoms with Gasteiger partial charge in [-0.2, -0.15) is 0 Å². The second kappa shape index (κ2) is 7.70. The van der Waals surface area contributed by atoms with E-state index in [-0.39, 0.29) is 11.3 Å². The molecule has 3 N–H and O–H groups in total. The van der Waals surface area contributed by atoms with Gasteiger partial charge in [0.1, 0.15) is 11.6 Å². The smallest absolute Gasteiger partial charge is 0.257 e. The summed E-state index contributed by atoms with van der Waals surface area (Å²) >= 11 is 0. The number of carbonyl (C=O) groups is 1. The molecule has 1 amide bonds. The van der Waals surface area contributed by atoms with Crippen LogP contribution in [0.1, 0.15) is 16.8 Å². The van der Waals surface area contributed by atoms with Gasteiger partial charge >= 0.3 is 0 Å². The molecule has 1 rings (SSSR count). The van der Waals surface area contributed by atoms with Crippen LogP contribution in [0, 0.1) is 5.82 Å². The van der Waals surface area contributed by atoms with Crippen molar-refractivity contribution in [3.05, 3.63) is 29.6 Å². The Kier molecular flexibility index (Phi) is 6.24. The van der Waals surface area contributed by atoms with Crippen LogP contribution in [0.5, 0.6) is 5.75 Å². The average Bonchev–Trinajstić information content (AvgIpc) is 2.41. The number of nitrogens with zero attached hydrogens (tertiary/aromatic N) is 1. The number of hydrogen-bond donors (Lipinski definition) is 2. The Balaban J connectivity index is 2.87. The van der Waals surface area contributed by atoms with Gasteiger partial charge < -0.3 is 20.5 Å². The average molecular weight is 270 g/mol. The maximum atomic E-state index is 13.1. The highest BCUT2D eigenvalue weighted by molar-refractivity contribution is 5.96. The molecule has 0 spiro atoms. The number of benzene rings is 1. The normalized spacial score (nSPS) is 10.5. The maximum absolute atomic E-state index is 13.1. The first-order valence-electron chi connectivity index (χ1n) is 6.07. The fraction of sp³-hybridized carbons (Fsp3) is 0.462. The lowest BCUT2D eigenvalue weighted by Gasteiger charge is -2.22. The first-order valence-corrected chi connectivity index (χ1v) is 6.07. The molecule has 1 aromatic carbocycles. The molecule has 5 nitrogen and oxygen atoms in total. The predicted octanol–water partition coefficient (Wildman–Crippen LogP) is 0.969. The molecule has 19 heavy (non-hydrogen) atoms. The molecule has 0 heterocycles. The third-order valence-electron chi connectivity index (χ3n) is 2.67. The molecule has 0 radical (unpaired) electrons. The minimum Gasteiger partial charge on any atom is -0.507 e. The highest BCUT2D eigenvalue weighted by atomic mass is 19.1. The van der Waals surface area contributed by atoms with E-state index in [9.17, 15) is 14.3 Å². The predicted molar refractivity (Wildman–Crippen MR) is 69.5 cm³/mol. The summed E-state index contributed by atoms with van der Waals surface area (Å²) in [5, 5.41) is 9.63. The second-order valence-electron chi connectivity index (χ2n) is 4.09. The van der Waals surface area contributed by atoms with Crippen molar-refractivity contribution >= 4 is 5.91 Å². The van der Waals surface area contributed by atoms with Gasteiger partial charge in [0.2, 0.25) is 0 Å². The number of methoxy groups -OCH3 is 1. The number of halogens is 1.